The largest absolute Gasteiger partial charge is 0.496 e. The number of fused-ring (bicyclic) bond motifs is 1. The summed E-state index contributed by atoms with van der Waals surface area (Å²) in [5.41, 5.74) is 1.61. The fraction of sp³-hybridized carbons (Fsp3) is 0.176. The Morgan fingerprint density at radius 2 is 1.86 bits per heavy atom. The maximum Gasteiger partial charge on any atom is 0.137 e. The second-order valence-corrected chi connectivity index (χ2v) is 4.88. The lowest BCUT2D eigenvalue weighted by molar-refractivity contribution is 0.187. The van der Waals surface area contributed by atoms with Crippen LogP contribution in [-0.4, -0.2) is 28.7 Å². The lowest BCUT2D eigenvalue weighted by Crippen LogP contribution is -2.14. The van der Waals surface area contributed by atoms with Crippen molar-refractivity contribution in [2.24, 2.45) is 0 Å². The summed E-state index contributed by atoms with van der Waals surface area (Å²) >= 11 is 0. The van der Waals surface area contributed by atoms with E-state index in [-0.39, 0.29) is 0 Å². The van der Waals surface area contributed by atoms with Gasteiger partial charge in [-0.15, -0.1) is 0 Å². The number of nitrogens with zero attached hydrogens (tertiary/aromatic N) is 2. The number of aliphatic hydroxyl groups is 1. The van der Waals surface area contributed by atoms with Crippen LogP contribution in [0.3, 0.4) is 0 Å². The summed E-state index contributed by atoms with van der Waals surface area (Å²) in [6.45, 7) is 0.335. The third-order valence-electron chi connectivity index (χ3n) is 3.50. The number of hydrogen-bond donors (Lipinski definition) is 2. The highest BCUT2D eigenvalue weighted by molar-refractivity contribution is 5.88. The molecule has 0 spiro atoms. The van der Waals surface area contributed by atoms with Crippen molar-refractivity contribution < 1.29 is 9.84 Å². The normalized spacial score (nSPS) is 12.1. The van der Waals surface area contributed by atoms with Crippen LogP contribution in [0.25, 0.3) is 10.9 Å². The van der Waals surface area contributed by atoms with Crippen molar-refractivity contribution >= 4 is 16.7 Å². The molecule has 5 nitrogen and oxygen atoms in total. The Kier molecular flexibility index (Phi) is 4.16. The molecule has 1 unspecified atom stereocenters. The van der Waals surface area contributed by atoms with Crippen LogP contribution < -0.4 is 10.1 Å². The summed E-state index contributed by atoms with van der Waals surface area (Å²) in [5.74, 6) is 1.38. The molecular weight excluding hydrogens is 278 g/mol. The molecule has 5 heteroatoms. The number of hydrogen-bond acceptors (Lipinski definition) is 5. The van der Waals surface area contributed by atoms with Crippen LogP contribution in [0.4, 0.5) is 5.82 Å². The number of ether oxygens (including phenoxy) is 1. The molecule has 22 heavy (non-hydrogen) atoms. The van der Waals surface area contributed by atoms with Crippen molar-refractivity contribution in [2.45, 2.75) is 6.10 Å². The third kappa shape index (κ3) is 2.84. The van der Waals surface area contributed by atoms with E-state index in [9.17, 15) is 5.11 Å². The first-order valence-electron chi connectivity index (χ1n) is 7.04. The third-order valence-corrected chi connectivity index (χ3v) is 3.50. The molecule has 0 bridgehead atoms. The van der Waals surface area contributed by atoms with Crippen LogP contribution >= 0.6 is 0 Å². The molecule has 0 aliphatic carbocycles. The van der Waals surface area contributed by atoms with E-state index < -0.39 is 6.10 Å². The Morgan fingerprint density at radius 1 is 1.09 bits per heavy atom. The van der Waals surface area contributed by atoms with E-state index in [0.717, 1.165) is 16.5 Å². The van der Waals surface area contributed by atoms with E-state index in [1.807, 2.05) is 48.5 Å². The molecule has 3 rings (SSSR count). The fourth-order valence-electron chi connectivity index (χ4n) is 2.39. The maximum absolute atomic E-state index is 10.4. The average Bonchev–Trinajstić information content (AvgIpc) is 2.59. The van der Waals surface area contributed by atoms with E-state index in [4.69, 9.17) is 4.74 Å². The number of anilines is 1. The molecule has 0 amide bonds. The van der Waals surface area contributed by atoms with Gasteiger partial charge in [0.05, 0.1) is 18.7 Å². The zero-order valence-corrected chi connectivity index (χ0v) is 12.2. The molecule has 3 aromatic rings. The van der Waals surface area contributed by atoms with Gasteiger partial charge in [0.25, 0.3) is 0 Å². The minimum Gasteiger partial charge on any atom is -0.496 e. The van der Waals surface area contributed by atoms with Gasteiger partial charge >= 0.3 is 0 Å². The summed E-state index contributed by atoms with van der Waals surface area (Å²) in [4.78, 5) is 8.47. The Balaban J connectivity index is 1.79. The molecule has 1 aromatic heterocycles. The van der Waals surface area contributed by atoms with E-state index in [2.05, 4.69) is 15.3 Å². The molecule has 0 radical (unpaired) electrons. The molecule has 2 aromatic carbocycles. The number of nitrogens with one attached hydrogen (secondary N) is 1. The molecule has 0 saturated carbocycles. The number of benzene rings is 2. The minimum absolute atomic E-state index is 0.335. The summed E-state index contributed by atoms with van der Waals surface area (Å²) in [7, 11) is 1.59. The van der Waals surface area contributed by atoms with Crippen LogP contribution in [0.5, 0.6) is 5.75 Å². The second-order valence-electron chi connectivity index (χ2n) is 4.88. The topological polar surface area (TPSA) is 67.3 Å². The number of aromatic nitrogens is 2. The van der Waals surface area contributed by atoms with Gasteiger partial charge in [-0.25, -0.2) is 9.97 Å². The quantitative estimate of drug-likeness (QED) is 0.757. The molecular formula is C17H17N3O2. The zero-order valence-electron chi connectivity index (χ0n) is 12.2. The Hall–Kier alpha value is -2.66. The maximum atomic E-state index is 10.4. The van der Waals surface area contributed by atoms with Gasteiger partial charge in [-0.05, 0) is 18.2 Å². The summed E-state index contributed by atoms with van der Waals surface area (Å²) in [5, 5.41) is 14.5. The summed E-state index contributed by atoms with van der Waals surface area (Å²) in [6.07, 6.45) is 0.824. The van der Waals surface area contributed by atoms with Crippen molar-refractivity contribution in [2.75, 3.05) is 19.0 Å². The van der Waals surface area contributed by atoms with Crippen molar-refractivity contribution in [1.82, 2.24) is 9.97 Å². The van der Waals surface area contributed by atoms with Gasteiger partial charge in [-0.3, -0.25) is 0 Å². The van der Waals surface area contributed by atoms with Crippen LogP contribution in [0.2, 0.25) is 0 Å². The van der Waals surface area contributed by atoms with Crippen LogP contribution in [0.1, 0.15) is 11.7 Å². The number of methoxy groups -OCH3 is 1. The lowest BCUT2D eigenvalue weighted by atomic mass is 10.1. The minimum atomic E-state index is -0.690. The predicted octanol–water partition coefficient (Wildman–Crippen LogP) is 2.78. The predicted molar refractivity (Wildman–Crippen MR) is 86.0 cm³/mol. The lowest BCUT2D eigenvalue weighted by Gasteiger charge is -2.16. The first-order valence-corrected chi connectivity index (χ1v) is 7.04. The molecule has 0 saturated heterocycles. The van der Waals surface area contributed by atoms with E-state index in [0.29, 0.717) is 18.1 Å². The zero-order chi connectivity index (χ0) is 15.4. The number of para-hydroxylation sites is 2. The van der Waals surface area contributed by atoms with Gasteiger partial charge < -0.3 is 15.2 Å². The van der Waals surface area contributed by atoms with Gasteiger partial charge in [0, 0.05) is 17.5 Å². The Morgan fingerprint density at radius 3 is 2.73 bits per heavy atom. The van der Waals surface area contributed by atoms with Crippen molar-refractivity contribution in [3.8, 4) is 5.75 Å². The van der Waals surface area contributed by atoms with Crippen LogP contribution in [0, 0.1) is 0 Å². The molecule has 2 N–H and O–H groups in total. The average molecular weight is 295 g/mol. The van der Waals surface area contributed by atoms with Crippen molar-refractivity contribution in [1.29, 1.82) is 0 Å². The monoisotopic (exact) mass is 295 g/mol. The molecule has 0 aliphatic rings. The van der Waals surface area contributed by atoms with Crippen molar-refractivity contribution in [3.63, 3.8) is 0 Å². The Bertz CT molecular complexity index is 771. The fourth-order valence-corrected chi connectivity index (χ4v) is 2.39. The highest BCUT2D eigenvalue weighted by Crippen LogP contribution is 2.25. The van der Waals surface area contributed by atoms with Crippen molar-refractivity contribution in [3.05, 3.63) is 60.4 Å². The second kappa shape index (κ2) is 6.41. The van der Waals surface area contributed by atoms with Crippen LogP contribution in [-0.2, 0) is 0 Å². The first kappa shape index (κ1) is 14.3. The number of rotatable bonds is 5. The van der Waals surface area contributed by atoms with E-state index >= 15 is 0 Å². The van der Waals surface area contributed by atoms with Gasteiger partial charge in [0.1, 0.15) is 17.9 Å². The smallest absolute Gasteiger partial charge is 0.137 e. The van der Waals surface area contributed by atoms with Gasteiger partial charge in [0.15, 0.2) is 0 Å². The Labute approximate surface area is 128 Å². The van der Waals surface area contributed by atoms with Crippen LogP contribution in [0.15, 0.2) is 54.9 Å². The number of aliphatic hydroxyl groups excluding tert-OH is 1. The van der Waals surface area contributed by atoms with Gasteiger partial charge in [-0.1, -0.05) is 30.3 Å². The molecule has 0 aliphatic heterocycles. The first-order chi connectivity index (χ1) is 10.8. The molecule has 112 valence electrons. The SMILES string of the molecule is COc1ccccc1C(O)CNc1ncnc2ccccc12. The highest BCUT2D eigenvalue weighted by atomic mass is 16.5. The van der Waals surface area contributed by atoms with E-state index in [1.165, 1.54) is 6.33 Å². The highest BCUT2D eigenvalue weighted by Gasteiger charge is 2.13. The van der Waals surface area contributed by atoms with Gasteiger partial charge in [0.2, 0.25) is 0 Å². The summed E-state index contributed by atoms with van der Waals surface area (Å²) < 4.78 is 5.28. The molecule has 0 fully saturated rings. The molecule has 1 atom stereocenters. The van der Waals surface area contributed by atoms with E-state index in [1.54, 1.807) is 7.11 Å². The standard InChI is InChI=1S/C17H17N3O2/c1-22-16-9-5-3-7-13(16)15(21)10-18-17-12-6-2-4-8-14(12)19-11-20-17/h2-9,11,15,21H,10H2,1H3,(H,18,19,20). The molecule has 1 heterocycles. The van der Waals surface area contributed by atoms with Gasteiger partial charge in [-0.2, -0.15) is 0 Å². The summed E-state index contributed by atoms with van der Waals surface area (Å²) in [6, 6.07) is 15.2.